The summed E-state index contributed by atoms with van der Waals surface area (Å²) < 4.78 is 1.36. The lowest BCUT2D eigenvalue weighted by atomic mass is 10.1. The third-order valence-corrected chi connectivity index (χ3v) is 4.92. The molecule has 0 fully saturated rings. The summed E-state index contributed by atoms with van der Waals surface area (Å²) in [6.45, 7) is 6.52. The predicted octanol–water partition coefficient (Wildman–Crippen LogP) is 5.69. The Morgan fingerprint density at radius 1 is 1.00 bits per heavy atom. The molecule has 0 aliphatic rings. The Kier molecular flexibility index (Phi) is 3.49. The molecule has 2 aromatic carbocycles. The van der Waals surface area contributed by atoms with Crippen molar-refractivity contribution in [2.24, 2.45) is 0 Å². The van der Waals surface area contributed by atoms with Crippen LogP contribution in [0.3, 0.4) is 0 Å². The van der Waals surface area contributed by atoms with Gasteiger partial charge in [0.15, 0.2) is 0 Å². The molecule has 3 rings (SSSR count). The molecule has 1 nitrogen and oxygen atoms in total. The lowest BCUT2D eigenvalue weighted by Gasteiger charge is -2.16. The van der Waals surface area contributed by atoms with Gasteiger partial charge in [0.2, 0.25) is 0 Å². The zero-order chi connectivity index (χ0) is 14.1. The monoisotopic (exact) mass is 281 g/mol. The first-order valence-corrected chi connectivity index (χ1v) is 7.77. The summed E-state index contributed by atoms with van der Waals surface area (Å²) in [5.74, 6) is 0. The molecule has 1 heterocycles. The second kappa shape index (κ2) is 5.29. The van der Waals surface area contributed by atoms with Crippen LogP contribution in [0.1, 0.15) is 29.0 Å². The van der Waals surface area contributed by atoms with E-state index < -0.39 is 0 Å². The van der Waals surface area contributed by atoms with E-state index in [1.165, 1.54) is 31.8 Å². The average Bonchev–Trinajstić information content (AvgIpc) is 2.86. The lowest BCUT2D eigenvalue weighted by Crippen LogP contribution is -2.06. The van der Waals surface area contributed by atoms with Crippen molar-refractivity contribution in [3.05, 3.63) is 64.5 Å². The van der Waals surface area contributed by atoms with E-state index in [9.17, 15) is 0 Å². The number of rotatable bonds is 3. The fourth-order valence-electron chi connectivity index (χ4n) is 2.50. The Morgan fingerprint density at radius 3 is 2.55 bits per heavy atom. The van der Waals surface area contributed by atoms with Gasteiger partial charge < -0.3 is 5.32 Å². The first kappa shape index (κ1) is 13.2. The number of anilines is 1. The predicted molar refractivity (Wildman–Crippen MR) is 89.8 cm³/mol. The molecule has 0 radical (unpaired) electrons. The van der Waals surface area contributed by atoms with Crippen LogP contribution in [0.5, 0.6) is 0 Å². The van der Waals surface area contributed by atoms with Crippen molar-refractivity contribution in [2.45, 2.75) is 26.8 Å². The number of hydrogen-bond acceptors (Lipinski definition) is 2. The highest BCUT2D eigenvalue weighted by Crippen LogP contribution is 2.32. The number of nitrogens with one attached hydrogen (secondary N) is 1. The molecule has 0 amide bonds. The molecule has 0 aliphatic carbocycles. The number of benzene rings is 2. The third kappa shape index (κ3) is 2.56. The summed E-state index contributed by atoms with van der Waals surface area (Å²) in [5.41, 5.74) is 3.83. The Hall–Kier alpha value is -1.80. The first-order chi connectivity index (χ1) is 9.63. The number of aryl methyl sites for hydroxylation is 2. The maximum absolute atomic E-state index is 3.63. The highest BCUT2D eigenvalue weighted by atomic mass is 32.1. The van der Waals surface area contributed by atoms with Gasteiger partial charge >= 0.3 is 0 Å². The van der Waals surface area contributed by atoms with E-state index in [2.05, 4.69) is 74.6 Å². The highest BCUT2D eigenvalue weighted by Gasteiger charge is 2.10. The van der Waals surface area contributed by atoms with Gasteiger partial charge in [-0.1, -0.05) is 35.9 Å². The van der Waals surface area contributed by atoms with E-state index in [0.717, 1.165) is 0 Å². The largest absolute Gasteiger partial charge is 0.377 e. The summed E-state index contributed by atoms with van der Waals surface area (Å²) in [4.78, 5) is 1.38. The summed E-state index contributed by atoms with van der Waals surface area (Å²) >= 11 is 1.87. The number of hydrogen-bond donors (Lipinski definition) is 1. The molecular weight excluding hydrogens is 262 g/mol. The van der Waals surface area contributed by atoms with E-state index in [-0.39, 0.29) is 0 Å². The van der Waals surface area contributed by atoms with E-state index in [1.807, 2.05) is 11.3 Å². The van der Waals surface area contributed by atoms with Crippen LogP contribution in [0.25, 0.3) is 10.1 Å². The topological polar surface area (TPSA) is 12.0 Å². The molecule has 0 saturated heterocycles. The van der Waals surface area contributed by atoms with Crippen molar-refractivity contribution in [3.8, 4) is 0 Å². The zero-order valence-corrected chi connectivity index (χ0v) is 12.9. The van der Waals surface area contributed by atoms with E-state index in [4.69, 9.17) is 0 Å². The molecule has 3 aromatic rings. The van der Waals surface area contributed by atoms with Gasteiger partial charge in [0.25, 0.3) is 0 Å². The minimum Gasteiger partial charge on any atom is -0.377 e. The molecule has 1 unspecified atom stereocenters. The smallest absolute Gasteiger partial charge is 0.0579 e. The lowest BCUT2D eigenvalue weighted by molar-refractivity contribution is 0.906. The zero-order valence-electron chi connectivity index (χ0n) is 12.1. The first-order valence-electron chi connectivity index (χ1n) is 6.96. The summed E-state index contributed by atoms with van der Waals surface area (Å²) in [6.07, 6.45) is 0. The Labute approximate surface area is 124 Å². The SMILES string of the molecule is Cc1ccc(NC(C)c2cc3ccccc3s2)c(C)c1. The van der Waals surface area contributed by atoms with Crippen LogP contribution in [-0.2, 0) is 0 Å². The Morgan fingerprint density at radius 2 is 1.80 bits per heavy atom. The Balaban J connectivity index is 1.86. The van der Waals surface area contributed by atoms with Crippen LogP contribution < -0.4 is 5.32 Å². The maximum Gasteiger partial charge on any atom is 0.0579 e. The van der Waals surface area contributed by atoms with Gasteiger partial charge in [-0.2, -0.15) is 0 Å². The molecule has 0 spiro atoms. The van der Waals surface area contributed by atoms with Gasteiger partial charge in [-0.05, 0) is 49.9 Å². The van der Waals surface area contributed by atoms with Crippen molar-refractivity contribution >= 4 is 27.1 Å². The molecule has 1 N–H and O–H groups in total. The van der Waals surface area contributed by atoms with Crippen LogP contribution >= 0.6 is 11.3 Å². The van der Waals surface area contributed by atoms with Crippen LogP contribution in [-0.4, -0.2) is 0 Å². The average molecular weight is 281 g/mol. The molecular formula is C18H19NS. The van der Waals surface area contributed by atoms with Gasteiger partial charge in [-0.15, -0.1) is 11.3 Å². The number of thiophene rings is 1. The molecule has 102 valence electrons. The summed E-state index contributed by atoms with van der Waals surface area (Å²) in [6, 6.07) is 17.7. The fraction of sp³-hybridized carbons (Fsp3) is 0.222. The van der Waals surface area contributed by atoms with Gasteiger partial charge in [-0.3, -0.25) is 0 Å². The second-order valence-corrected chi connectivity index (χ2v) is 6.49. The van der Waals surface area contributed by atoms with E-state index in [1.54, 1.807) is 0 Å². The minimum absolute atomic E-state index is 0.328. The third-order valence-electron chi connectivity index (χ3n) is 3.63. The molecule has 0 bridgehead atoms. The quantitative estimate of drug-likeness (QED) is 0.650. The molecule has 0 saturated carbocycles. The molecule has 2 heteroatoms. The van der Waals surface area contributed by atoms with E-state index in [0.29, 0.717) is 6.04 Å². The van der Waals surface area contributed by atoms with Crippen molar-refractivity contribution in [1.29, 1.82) is 0 Å². The summed E-state index contributed by atoms with van der Waals surface area (Å²) in [7, 11) is 0. The van der Waals surface area contributed by atoms with Crippen LogP contribution in [0.2, 0.25) is 0 Å². The maximum atomic E-state index is 3.63. The normalized spacial score (nSPS) is 12.6. The van der Waals surface area contributed by atoms with Crippen LogP contribution in [0.4, 0.5) is 5.69 Å². The van der Waals surface area contributed by atoms with Crippen LogP contribution in [0, 0.1) is 13.8 Å². The highest BCUT2D eigenvalue weighted by molar-refractivity contribution is 7.19. The standard InChI is InChI=1S/C18H19NS/c1-12-8-9-16(13(2)10-12)19-14(3)18-11-15-6-4-5-7-17(15)20-18/h4-11,14,19H,1-3H3. The molecule has 1 aromatic heterocycles. The Bertz CT molecular complexity index is 709. The number of fused-ring (bicyclic) bond motifs is 1. The second-order valence-electron chi connectivity index (χ2n) is 5.37. The molecule has 1 atom stereocenters. The molecule has 20 heavy (non-hydrogen) atoms. The van der Waals surface area contributed by atoms with Crippen molar-refractivity contribution in [3.63, 3.8) is 0 Å². The van der Waals surface area contributed by atoms with Gasteiger partial charge in [0.1, 0.15) is 0 Å². The van der Waals surface area contributed by atoms with Gasteiger partial charge in [0.05, 0.1) is 6.04 Å². The van der Waals surface area contributed by atoms with Crippen LogP contribution in [0.15, 0.2) is 48.5 Å². The van der Waals surface area contributed by atoms with E-state index >= 15 is 0 Å². The van der Waals surface area contributed by atoms with Gasteiger partial charge in [0, 0.05) is 15.3 Å². The van der Waals surface area contributed by atoms with Gasteiger partial charge in [-0.25, -0.2) is 0 Å². The van der Waals surface area contributed by atoms with Crippen molar-refractivity contribution in [1.82, 2.24) is 0 Å². The fourth-order valence-corrected chi connectivity index (χ4v) is 3.56. The minimum atomic E-state index is 0.328. The summed E-state index contributed by atoms with van der Waals surface area (Å²) in [5, 5.41) is 4.96. The van der Waals surface area contributed by atoms with Crippen molar-refractivity contribution in [2.75, 3.05) is 5.32 Å². The molecule has 0 aliphatic heterocycles. The van der Waals surface area contributed by atoms with Crippen molar-refractivity contribution < 1.29 is 0 Å².